The van der Waals surface area contributed by atoms with Crippen molar-refractivity contribution in [3.05, 3.63) is 68.9 Å². The van der Waals surface area contributed by atoms with Crippen LogP contribution >= 0.6 is 0 Å². The van der Waals surface area contributed by atoms with E-state index in [1.165, 1.54) is 10.1 Å². The Morgan fingerprint density at radius 1 is 1.20 bits per heavy atom. The van der Waals surface area contributed by atoms with Gasteiger partial charge in [-0.25, -0.2) is 0 Å². The molecule has 4 rings (SSSR count). The zero-order chi connectivity index (χ0) is 21.3. The highest BCUT2D eigenvalue weighted by molar-refractivity contribution is 5.95. The van der Waals surface area contributed by atoms with E-state index in [1.54, 1.807) is 37.4 Å². The summed E-state index contributed by atoms with van der Waals surface area (Å²) in [7, 11) is 0. The van der Waals surface area contributed by atoms with Crippen LogP contribution in [-0.4, -0.2) is 34.0 Å². The molecule has 0 spiro atoms. The monoisotopic (exact) mass is 408 g/mol. The van der Waals surface area contributed by atoms with Crippen molar-refractivity contribution in [3.63, 3.8) is 0 Å². The Hall–Kier alpha value is -3.55. The molecule has 156 valence electrons. The predicted octanol–water partition coefficient (Wildman–Crippen LogP) is 2.58. The van der Waals surface area contributed by atoms with Gasteiger partial charge < -0.3 is 14.8 Å². The fourth-order valence-corrected chi connectivity index (χ4v) is 3.64. The van der Waals surface area contributed by atoms with Crippen LogP contribution in [0.3, 0.4) is 0 Å². The third kappa shape index (κ3) is 3.68. The second-order valence-corrected chi connectivity index (χ2v) is 7.36. The lowest BCUT2D eigenvalue weighted by atomic mass is 10.1. The standard InChI is InChI=1S/C22H24N4O4/c1-13-8-10-26(16-6-7-18-19(11-16)30-12-29-18)22(28)20(13)21(27)23-9-4-5-17-14(2)24-25-15(17)3/h6-8,10-11H,4-5,9,12H2,1-3H3,(H,23,27)(H,24,25). The van der Waals surface area contributed by atoms with E-state index in [0.717, 1.165) is 24.2 Å². The molecular formula is C22H24N4O4. The van der Waals surface area contributed by atoms with Crippen molar-refractivity contribution in [2.75, 3.05) is 13.3 Å². The number of carbonyl (C=O) groups excluding carboxylic acids is 1. The van der Waals surface area contributed by atoms with E-state index in [2.05, 4.69) is 15.5 Å². The second-order valence-electron chi connectivity index (χ2n) is 7.36. The van der Waals surface area contributed by atoms with Crippen LogP contribution in [0, 0.1) is 20.8 Å². The van der Waals surface area contributed by atoms with E-state index in [0.29, 0.717) is 29.3 Å². The van der Waals surface area contributed by atoms with Crippen molar-refractivity contribution >= 4 is 5.91 Å². The number of ether oxygens (including phenoxy) is 2. The van der Waals surface area contributed by atoms with Gasteiger partial charge in [0.25, 0.3) is 11.5 Å². The third-order valence-electron chi connectivity index (χ3n) is 5.33. The molecule has 0 fully saturated rings. The molecule has 2 aromatic heterocycles. The summed E-state index contributed by atoms with van der Waals surface area (Å²) in [5, 5.41) is 10.0. The highest BCUT2D eigenvalue weighted by Crippen LogP contribution is 2.33. The number of amides is 1. The molecule has 0 radical (unpaired) electrons. The Bertz CT molecular complexity index is 1140. The number of pyridine rings is 1. The quantitative estimate of drug-likeness (QED) is 0.611. The molecule has 0 saturated heterocycles. The molecule has 0 saturated carbocycles. The first-order chi connectivity index (χ1) is 14.5. The third-order valence-corrected chi connectivity index (χ3v) is 5.33. The van der Waals surface area contributed by atoms with E-state index < -0.39 is 0 Å². The smallest absolute Gasteiger partial charge is 0.268 e. The Balaban J connectivity index is 1.49. The van der Waals surface area contributed by atoms with Crippen molar-refractivity contribution in [1.82, 2.24) is 20.1 Å². The van der Waals surface area contributed by atoms with E-state index >= 15 is 0 Å². The van der Waals surface area contributed by atoms with Gasteiger partial charge >= 0.3 is 0 Å². The predicted molar refractivity (Wildman–Crippen MR) is 112 cm³/mol. The number of aromatic nitrogens is 3. The molecular weight excluding hydrogens is 384 g/mol. The van der Waals surface area contributed by atoms with Gasteiger partial charge in [-0.05, 0) is 62.9 Å². The average Bonchev–Trinajstić information content (AvgIpc) is 3.31. The number of aromatic amines is 1. The Kier molecular flexibility index (Phi) is 5.31. The zero-order valence-corrected chi connectivity index (χ0v) is 17.2. The van der Waals surface area contributed by atoms with E-state index in [1.807, 2.05) is 13.8 Å². The summed E-state index contributed by atoms with van der Waals surface area (Å²) in [4.78, 5) is 25.8. The Morgan fingerprint density at radius 2 is 2.00 bits per heavy atom. The van der Waals surface area contributed by atoms with Crippen LogP contribution in [0.1, 0.15) is 39.3 Å². The van der Waals surface area contributed by atoms with E-state index in [9.17, 15) is 9.59 Å². The molecule has 0 unspecified atom stereocenters. The van der Waals surface area contributed by atoms with Gasteiger partial charge in [-0.1, -0.05) is 0 Å². The molecule has 1 amide bonds. The molecule has 2 N–H and O–H groups in total. The fourth-order valence-electron chi connectivity index (χ4n) is 3.64. The maximum atomic E-state index is 13.1. The van der Waals surface area contributed by atoms with Crippen molar-refractivity contribution < 1.29 is 14.3 Å². The molecule has 0 bridgehead atoms. The number of carbonyl (C=O) groups is 1. The summed E-state index contributed by atoms with van der Waals surface area (Å²) in [6.07, 6.45) is 3.23. The van der Waals surface area contributed by atoms with Gasteiger partial charge in [-0.2, -0.15) is 5.10 Å². The van der Waals surface area contributed by atoms with Gasteiger partial charge in [0.2, 0.25) is 6.79 Å². The second kappa shape index (κ2) is 8.06. The minimum Gasteiger partial charge on any atom is -0.454 e. The zero-order valence-electron chi connectivity index (χ0n) is 17.2. The number of hydrogen-bond donors (Lipinski definition) is 2. The van der Waals surface area contributed by atoms with Gasteiger partial charge in [0.05, 0.1) is 11.4 Å². The highest BCUT2D eigenvalue weighted by Gasteiger charge is 2.18. The summed E-state index contributed by atoms with van der Waals surface area (Å²) in [6, 6.07) is 7.01. The molecule has 3 aromatic rings. The molecule has 8 nitrogen and oxygen atoms in total. The lowest BCUT2D eigenvalue weighted by Crippen LogP contribution is -2.34. The van der Waals surface area contributed by atoms with Crippen molar-refractivity contribution in [3.8, 4) is 17.2 Å². The van der Waals surface area contributed by atoms with Crippen LogP contribution in [0.25, 0.3) is 5.69 Å². The normalized spacial score (nSPS) is 12.2. The van der Waals surface area contributed by atoms with Crippen LogP contribution in [0.4, 0.5) is 0 Å². The number of hydrogen-bond acceptors (Lipinski definition) is 5. The first-order valence-corrected chi connectivity index (χ1v) is 9.86. The molecule has 1 aliphatic heterocycles. The molecule has 8 heteroatoms. The van der Waals surface area contributed by atoms with Crippen LogP contribution in [0.2, 0.25) is 0 Å². The number of rotatable bonds is 6. The fraction of sp³-hybridized carbons (Fsp3) is 0.318. The van der Waals surface area contributed by atoms with Crippen LogP contribution in [0.5, 0.6) is 11.5 Å². The first-order valence-electron chi connectivity index (χ1n) is 9.86. The SMILES string of the molecule is Cc1ccn(-c2ccc3c(c2)OCO3)c(=O)c1C(=O)NCCCc1c(C)n[nH]c1C. The van der Waals surface area contributed by atoms with Crippen molar-refractivity contribution in [2.24, 2.45) is 0 Å². The maximum Gasteiger partial charge on any atom is 0.268 e. The minimum absolute atomic E-state index is 0.144. The van der Waals surface area contributed by atoms with Gasteiger partial charge in [0.1, 0.15) is 5.56 Å². The number of fused-ring (bicyclic) bond motifs is 1. The van der Waals surface area contributed by atoms with E-state index in [4.69, 9.17) is 9.47 Å². The lowest BCUT2D eigenvalue weighted by Gasteiger charge is -2.12. The summed E-state index contributed by atoms with van der Waals surface area (Å²) in [6.45, 7) is 6.34. The number of nitrogens with one attached hydrogen (secondary N) is 2. The average molecular weight is 408 g/mol. The summed E-state index contributed by atoms with van der Waals surface area (Å²) in [5.74, 6) is 0.851. The van der Waals surface area contributed by atoms with Gasteiger partial charge in [-0.3, -0.25) is 19.3 Å². The molecule has 30 heavy (non-hydrogen) atoms. The number of benzene rings is 1. The number of H-pyrrole nitrogens is 1. The van der Waals surface area contributed by atoms with Crippen LogP contribution in [-0.2, 0) is 6.42 Å². The largest absolute Gasteiger partial charge is 0.454 e. The Morgan fingerprint density at radius 3 is 2.77 bits per heavy atom. The maximum absolute atomic E-state index is 13.1. The molecule has 1 aliphatic rings. The van der Waals surface area contributed by atoms with Gasteiger partial charge in [-0.15, -0.1) is 0 Å². The molecule has 3 heterocycles. The van der Waals surface area contributed by atoms with Gasteiger partial charge in [0, 0.05) is 24.5 Å². The number of aryl methyl sites for hydroxylation is 3. The highest BCUT2D eigenvalue weighted by atomic mass is 16.7. The topological polar surface area (TPSA) is 98.2 Å². The minimum atomic E-state index is -0.368. The summed E-state index contributed by atoms with van der Waals surface area (Å²) < 4.78 is 12.2. The first kappa shape index (κ1) is 19.8. The van der Waals surface area contributed by atoms with Crippen LogP contribution in [0.15, 0.2) is 35.3 Å². The summed E-state index contributed by atoms with van der Waals surface area (Å²) >= 11 is 0. The van der Waals surface area contributed by atoms with Gasteiger partial charge in [0.15, 0.2) is 11.5 Å². The Labute approximate surface area is 173 Å². The molecule has 0 aliphatic carbocycles. The molecule has 1 aromatic carbocycles. The summed E-state index contributed by atoms with van der Waals surface area (Å²) in [5.41, 5.74) is 4.22. The lowest BCUT2D eigenvalue weighted by molar-refractivity contribution is 0.0950. The van der Waals surface area contributed by atoms with Crippen molar-refractivity contribution in [2.45, 2.75) is 33.6 Å². The van der Waals surface area contributed by atoms with Crippen LogP contribution < -0.4 is 20.3 Å². The number of nitrogens with zero attached hydrogens (tertiary/aromatic N) is 2. The molecule has 0 atom stereocenters. The van der Waals surface area contributed by atoms with E-state index in [-0.39, 0.29) is 23.8 Å². The van der Waals surface area contributed by atoms with Crippen molar-refractivity contribution in [1.29, 1.82) is 0 Å².